The van der Waals surface area contributed by atoms with E-state index in [1.165, 1.54) is 32.1 Å². The average Bonchev–Trinajstić information content (AvgIpc) is 3.13. The molecule has 1 aliphatic heterocycles. The molecule has 3 N–H and O–H groups in total. The van der Waals surface area contributed by atoms with Crippen LogP contribution in [0.25, 0.3) is 0 Å². The molecule has 1 saturated heterocycles. The van der Waals surface area contributed by atoms with E-state index in [0.717, 1.165) is 30.7 Å². The summed E-state index contributed by atoms with van der Waals surface area (Å²) in [4.78, 5) is 14.5. The van der Waals surface area contributed by atoms with Crippen molar-refractivity contribution >= 4 is 18.3 Å². The molecule has 3 fully saturated rings. The molecule has 122 valence electrons. The Bertz CT molecular complexity index is 365. The Balaban J connectivity index is 0.00000161. The summed E-state index contributed by atoms with van der Waals surface area (Å²) in [6, 6.07) is 0.760. The number of amides is 1. The number of carbonyl (C=O) groups is 1. The third kappa shape index (κ3) is 3.72. The van der Waals surface area contributed by atoms with Crippen molar-refractivity contribution in [2.24, 2.45) is 23.5 Å². The van der Waals surface area contributed by atoms with Crippen LogP contribution in [0.2, 0.25) is 0 Å². The number of nitrogens with one attached hydrogen (secondary N) is 1. The van der Waals surface area contributed by atoms with Gasteiger partial charge in [-0.3, -0.25) is 9.69 Å². The van der Waals surface area contributed by atoms with E-state index < -0.39 is 0 Å². The second-order valence-corrected chi connectivity index (χ2v) is 7.20. The second kappa shape index (κ2) is 7.30. The third-order valence-electron chi connectivity index (χ3n) is 5.94. The van der Waals surface area contributed by atoms with Crippen molar-refractivity contribution in [3.05, 3.63) is 0 Å². The van der Waals surface area contributed by atoms with Gasteiger partial charge in [-0.25, -0.2) is 0 Å². The van der Waals surface area contributed by atoms with Gasteiger partial charge in [0.1, 0.15) is 0 Å². The van der Waals surface area contributed by atoms with Crippen LogP contribution in [0.1, 0.15) is 45.4 Å². The number of nitrogens with two attached hydrogens (primary N) is 1. The summed E-state index contributed by atoms with van der Waals surface area (Å²) < 4.78 is 0. The number of fused-ring (bicyclic) bond motifs is 2. The van der Waals surface area contributed by atoms with Gasteiger partial charge in [-0.15, -0.1) is 12.4 Å². The zero-order valence-electron chi connectivity index (χ0n) is 13.1. The minimum Gasteiger partial charge on any atom is -0.352 e. The van der Waals surface area contributed by atoms with Crippen LogP contribution < -0.4 is 11.1 Å². The Hall–Kier alpha value is -0.320. The fourth-order valence-corrected chi connectivity index (χ4v) is 4.87. The molecule has 3 rings (SSSR count). The highest BCUT2D eigenvalue weighted by molar-refractivity contribution is 5.85. The molecule has 4 nitrogen and oxygen atoms in total. The van der Waals surface area contributed by atoms with Crippen molar-refractivity contribution in [3.8, 4) is 0 Å². The summed E-state index contributed by atoms with van der Waals surface area (Å²) in [7, 11) is 0. The predicted molar refractivity (Wildman–Crippen MR) is 87.4 cm³/mol. The lowest BCUT2D eigenvalue weighted by molar-refractivity contribution is -0.123. The van der Waals surface area contributed by atoms with E-state index in [2.05, 4.69) is 17.1 Å². The fraction of sp³-hybridized carbons (Fsp3) is 0.938. The van der Waals surface area contributed by atoms with Gasteiger partial charge in [-0.05, 0) is 63.3 Å². The van der Waals surface area contributed by atoms with E-state index in [-0.39, 0.29) is 18.3 Å². The van der Waals surface area contributed by atoms with Gasteiger partial charge in [0.05, 0.1) is 6.54 Å². The fourth-order valence-electron chi connectivity index (χ4n) is 4.87. The van der Waals surface area contributed by atoms with E-state index in [4.69, 9.17) is 5.73 Å². The van der Waals surface area contributed by atoms with Gasteiger partial charge in [0.15, 0.2) is 0 Å². The number of rotatable bonds is 5. The van der Waals surface area contributed by atoms with E-state index in [1.807, 2.05) is 0 Å². The molecule has 2 aliphatic carbocycles. The largest absolute Gasteiger partial charge is 0.352 e. The minimum absolute atomic E-state index is 0. The van der Waals surface area contributed by atoms with Crippen LogP contribution in [0.4, 0.5) is 0 Å². The molecule has 5 unspecified atom stereocenters. The predicted octanol–water partition coefficient (Wildman–Crippen LogP) is 1.77. The molecule has 0 aromatic rings. The van der Waals surface area contributed by atoms with Crippen LogP contribution in [-0.2, 0) is 4.79 Å². The van der Waals surface area contributed by atoms with Gasteiger partial charge in [-0.2, -0.15) is 0 Å². The van der Waals surface area contributed by atoms with E-state index in [9.17, 15) is 4.79 Å². The summed E-state index contributed by atoms with van der Waals surface area (Å²) in [5.74, 6) is 2.74. The second-order valence-electron chi connectivity index (χ2n) is 7.20. The molecule has 2 bridgehead atoms. The SMILES string of the molecule is CC(NC(=O)CN1CCCC1CN)C1CC2CCC1C2.Cl. The molecule has 0 aromatic carbocycles. The van der Waals surface area contributed by atoms with Crippen LogP contribution in [0.15, 0.2) is 0 Å². The molecule has 1 amide bonds. The van der Waals surface area contributed by atoms with Crippen LogP contribution in [-0.4, -0.2) is 42.5 Å². The highest BCUT2D eigenvalue weighted by Gasteiger charge is 2.42. The maximum atomic E-state index is 12.2. The lowest BCUT2D eigenvalue weighted by Crippen LogP contribution is -2.47. The maximum Gasteiger partial charge on any atom is 0.234 e. The van der Waals surface area contributed by atoms with Crippen molar-refractivity contribution in [2.45, 2.75) is 57.5 Å². The Labute approximate surface area is 134 Å². The molecule has 0 radical (unpaired) electrons. The molecular weight excluding hydrogens is 286 g/mol. The summed E-state index contributed by atoms with van der Waals surface area (Å²) in [6.45, 7) is 4.44. The first-order chi connectivity index (χ1) is 9.67. The Morgan fingerprint density at radius 1 is 1.33 bits per heavy atom. The van der Waals surface area contributed by atoms with E-state index in [1.54, 1.807) is 0 Å². The molecule has 5 atom stereocenters. The Morgan fingerprint density at radius 2 is 2.14 bits per heavy atom. The molecule has 1 heterocycles. The summed E-state index contributed by atoms with van der Waals surface area (Å²) in [5.41, 5.74) is 5.77. The summed E-state index contributed by atoms with van der Waals surface area (Å²) in [6.07, 6.45) is 7.88. The van der Waals surface area contributed by atoms with Crippen LogP contribution in [0.5, 0.6) is 0 Å². The number of hydrogen-bond acceptors (Lipinski definition) is 3. The molecule has 21 heavy (non-hydrogen) atoms. The van der Waals surface area contributed by atoms with Gasteiger partial charge in [0, 0.05) is 18.6 Å². The molecule has 0 aromatic heterocycles. The maximum absolute atomic E-state index is 12.2. The van der Waals surface area contributed by atoms with Gasteiger partial charge in [0.25, 0.3) is 0 Å². The number of nitrogens with zero attached hydrogens (tertiary/aromatic N) is 1. The Kier molecular flexibility index (Phi) is 5.92. The van der Waals surface area contributed by atoms with Crippen molar-refractivity contribution < 1.29 is 4.79 Å². The number of carbonyl (C=O) groups excluding carboxylic acids is 1. The summed E-state index contributed by atoms with van der Waals surface area (Å²) >= 11 is 0. The van der Waals surface area contributed by atoms with E-state index in [0.29, 0.717) is 25.2 Å². The number of halogens is 1. The van der Waals surface area contributed by atoms with Gasteiger partial charge < -0.3 is 11.1 Å². The van der Waals surface area contributed by atoms with Crippen molar-refractivity contribution in [3.63, 3.8) is 0 Å². The van der Waals surface area contributed by atoms with Gasteiger partial charge >= 0.3 is 0 Å². The van der Waals surface area contributed by atoms with Crippen LogP contribution in [0.3, 0.4) is 0 Å². The lowest BCUT2D eigenvalue weighted by atomic mass is 9.84. The zero-order valence-corrected chi connectivity index (χ0v) is 13.9. The third-order valence-corrected chi connectivity index (χ3v) is 5.94. The van der Waals surface area contributed by atoms with Crippen molar-refractivity contribution in [1.82, 2.24) is 10.2 Å². The van der Waals surface area contributed by atoms with E-state index >= 15 is 0 Å². The van der Waals surface area contributed by atoms with Gasteiger partial charge in [0.2, 0.25) is 5.91 Å². The first kappa shape index (κ1) is 17.0. The Morgan fingerprint density at radius 3 is 2.76 bits per heavy atom. The highest BCUT2D eigenvalue weighted by atomic mass is 35.5. The lowest BCUT2D eigenvalue weighted by Gasteiger charge is -2.30. The number of likely N-dealkylation sites (tertiary alicyclic amines) is 1. The topological polar surface area (TPSA) is 58.4 Å². The first-order valence-corrected chi connectivity index (χ1v) is 8.41. The number of hydrogen-bond donors (Lipinski definition) is 2. The minimum atomic E-state index is 0. The van der Waals surface area contributed by atoms with Gasteiger partial charge in [-0.1, -0.05) is 6.42 Å². The highest BCUT2D eigenvalue weighted by Crippen LogP contribution is 2.49. The monoisotopic (exact) mass is 315 g/mol. The van der Waals surface area contributed by atoms with Crippen molar-refractivity contribution in [2.75, 3.05) is 19.6 Å². The molecule has 5 heteroatoms. The standard InChI is InChI=1S/C16H29N3O.ClH/c1-11(15-8-12-4-5-13(15)7-12)18-16(20)10-19-6-2-3-14(19)9-17;/h11-15H,2-10,17H2,1H3,(H,18,20);1H. The van der Waals surface area contributed by atoms with Crippen LogP contribution in [0, 0.1) is 17.8 Å². The normalized spacial score (nSPS) is 36.5. The quantitative estimate of drug-likeness (QED) is 0.813. The first-order valence-electron chi connectivity index (χ1n) is 8.41. The zero-order chi connectivity index (χ0) is 14.1. The smallest absolute Gasteiger partial charge is 0.234 e. The van der Waals surface area contributed by atoms with Crippen molar-refractivity contribution in [1.29, 1.82) is 0 Å². The summed E-state index contributed by atoms with van der Waals surface area (Å²) in [5, 5.41) is 3.26. The molecule has 0 spiro atoms. The molecule has 2 saturated carbocycles. The molecular formula is C16H30ClN3O. The molecule has 3 aliphatic rings. The van der Waals surface area contributed by atoms with Crippen LogP contribution >= 0.6 is 12.4 Å². The average molecular weight is 316 g/mol.